The highest BCUT2D eigenvalue weighted by Crippen LogP contribution is 2.17. The van der Waals surface area contributed by atoms with Crippen molar-refractivity contribution < 1.29 is 23.5 Å². The van der Waals surface area contributed by atoms with Crippen LogP contribution in [0.1, 0.15) is 12.8 Å². The van der Waals surface area contributed by atoms with Crippen molar-refractivity contribution in [1.29, 1.82) is 0 Å². The number of nitrogens with zero attached hydrogens (tertiary/aromatic N) is 1. The number of primary amides is 1. The summed E-state index contributed by atoms with van der Waals surface area (Å²) in [5.41, 5.74) is 5.10. The molecule has 1 aliphatic rings. The summed E-state index contributed by atoms with van der Waals surface area (Å²) in [6.07, 6.45) is 1.14. The first-order valence-electron chi connectivity index (χ1n) is 5.66. The largest absolute Gasteiger partial charge is 0.390 e. The molecule has 6 nitrogen and oxygen atoms in total. The van der Waals surface area contributed by atoms with Gasteiger partial charge in [-0.15, -0.1) is 0 Å². The number of hydrogen-bond donors (Lipinski definition) is 3. The number of hydrogen-bond acceptors (Lipinski definition) is 3. The van der Waals surface area contributed by atoms with Gasteiger partial charge in [0.25, 0.3) is 5.92 Å². The van der Waals surface area contributed by atoms with Crippen LogP contribution in [0.4, 0.5) is 13.6 Å². The quantitative estimate of drug-likeness (QED) is 0.640. The van der Waals surface area contributed by atoms with Crippen LogP contribution in [0, 0.1) is 5.92 Å². The normalized spacial score (nSPS) is 20.6. The minimum Gasteiger partial charge on any atom is -0.390 e. The van der Waals surface area contributed by atoms with Gasteiger partial charge < -0.3 is 21.1 Å². The standard InChI is InChI=1S/C10H17F2N3O3/c11-10(12,6-16)5-14-8(17)7-2-1-3-15(4-7)9(13)18/h7,16H,1-6H2,(H2,13,18)(H,14,17). The first-order valence-corrected chi connectivity index (χ1v) is 5.66. The van der Waals surface area contributed by atoms with Gasteiger partial charge in [0.05, 0.1) is 12.5 Å². The maximum Gasteiger partial charge on any atom is 0.314 e. The maximum absolute atomic E-state index is 12.7. The van der Waals surface area contributed by atoms with E-state index >= 15 is 0 Å². The molecule has 1 saturated heterocycles. The molecular weight excluding hydrogens is 248 g/mol. The molecule has 1 fully saturated rings. The Morgan fingerprint density at radius 1 is 1.50 bits per heavy atom. The Morgan fingerprint density at radius 3 is 2.72 bits per heavy atom. The Hall–Kier alpha value is -1.44. The Labute approximate surface area is 103 Å². The van der Waals surface area contributed by atoms with Crippen LogP contribution in [-0.4, -0.2) is 54.1 Å². The number of piperidine rings is 1. The summed E-state index contributed by atoms with van der Waals surface area (Å²) in [5.74, 6) is -4.40. The average Bonchev–Trinajstić information content (AvgIpc) is 2.36. The molecule has 104 valence electrons. The number of urea groups is 1. The van der Waals surface area contributed by atoms with Gasteiger partial charge in [0, 0.05) is 13.1 Å². The van der Waals surface area contributed by atoms with Crippen molar-refractivity contribution >= 4 is 11.9 Å². The first-order chi connectivity index (χ1) is 8.35. The van der Waals surface area contributed by atoms with Gasteiger partial charge in [0.1, 0.15) is 6.61 Å². The summed E-state index contributed by atoms with van der Waals surface area (Å²) in [5, 5.41) is 10.4. The van der Waals surface area contributed by atoms with E-state index in [1.54, 1.807) is 0 Å². The Balaban J connectivity index is 2.44. The fourth-order valence-corrected chi connectivity index (χ4v) is 1.81. The molecule has 0 aromatic heterocycles. The third kappa shape index (κ3) is 4.10. The van der Waals surface area contributed by atoms with Crippen LogP contribution in [-0.2, 0) is 4.79 Å². The topological polar surface area (TPSA) is 95.7 Å². The van der Waals surface area contributed by atoms with E-state index in [1.807, 2.05) is 0 Å². The fourth-order valence-electron chi connectivity index (χ4n) is 1.81. The molecule has 1 aliphatic heterocycles. The smallest absolute Gasteiger partial charge is 0.314 e. The predicted octanol–water partition coefficient (Wildman–Crippen LogP) is -0.479. The molecule has 0 radical (unpaired) electrons. The molecule has 0 spiro atoms. The van der Waals surface area contributed by atoms with Gasteiger partial charge >= 0.3 is 6.03 Å². The molecule has 0 saturated carbocycles. The molecule has 4 N–H and O–H groups in total. The third-order valence-electron chi connectivity index (χ3n) is 2.86. The van der Waals surface area contributed by atoms with Gasteiger partial charge in [-0.05, 0) is 12.8 Å². The summed E-state index contributed by atoms with van der Waals surface area (Å²) in [7, 11) is 0. The van der Waals surface area contributed by atoms with Crippen molar-refractivity contribution in [3.05, 3.63) is 0 Å². The number of halogens is 2. The molecule has 1 unspecified atom stereocenters. The number of aliphatic hydroxyl groups is 1. The third-order valence-corrected chi connectivity index (χ3v) is 2.86. The monoisotopic (exact) mass is 265 g/mol. The van der Waals surface area contributed by atoms with Gasteiger partial charge in [-0.3, -0.25) is 4.79 Å². The van der Waals surface area contributed by atoms with Crippen molar-refractivity contribution in [3.63, 3.8) is 0 Å². The summed E-state index contributed by atoms with van der Waals surface area (Å²) in [6.45, 7) is -1.60. The number of carbonyl (C=O) groups excluding carboxylic acids is 2. The zero-order valence-corrected chi connectivity index (χ0v) is 9.86. The summed E-state index contributed by atoms with van der Waals surface area (Å²) >= 11 is 0. The van der Waals surface area contributed by atoms with Crippen LogP contribution in [0.25, 0.3) is 0 Å². The van der Waals surface area contributed by atoms with E-state index < -0.39 is 36.9 Å². The van der Waals surface area contributed by atoms with Gasteiger partial charge in [-0.1, -0.05) is 0 Å². The summed E-state index contributed by atoms with van der Waals surface area (Å²) in [6, 6.07) is -0.617. The number of carbonyl (C=O) groups is 2. The van der Waals surface area contributed by atoms with Crippen molar-refractivity contribution in [3.8, 4) is 0 Å². The van der Waals surface area contributed by atoms with Crippen molar-refractivity contribution in [2.75, 3.05) is 26.2 Å². The number of rotatable bonds is 4. The highest BCUT2D eigenvalue weighted by molar-refractivity contribution is 5.80. The molecule has 1 heterocycles. The van der Waals surface area contributed by atoms with Crippen molar-refractivity contribution in [2.45, 2.75) is 18.8 Å². The van der Waals surface area contributed by atoms with E-state index in [0.717, 1.165) is 0 Å². The van der Waals surface area contributed by atoms with Crippen molar-refractivity contribution in [2.24, 2.45) is 11.7 Å². The summed E-state index contributed by atoms with van der Waals surface area (Å²) < 4.78 is 25.5. The zero-order valence-electron chi connectivity index (χ0n) is 9.86. The van der Waals surface area contributed by atoms with E-state index in [0.29, 0.717) is 19.4 Å². The second-order valence-electron chi connectivity index (χ2n) is 4.36. The lowest BCUT2D eigenvalue weighted by atomic mass is 9.97. The average molecular weight is 265 g/mol. The van der Waals surface area contributed by atoms with Gasteiger partial charge in [-0.2, -0.15) is 0 Å². The number of aliphatic hydroxyl groups excluding tert-OH is 1. The van der Waals surface area contributed by atoms with E-state index in [9.17, 15) is 18.4 Å². The van der Waals surface area contributed by atoms with Crippen LogP contribution in [0.5, 0.6) is 0 Å². The second-order valence-corrected chi connectivity index (χ2v) is 4.36. The van der Waals surface area contributed by atoms with Crippen LogP contribution in [0.2, 0.25) is 0 Å². The van der Waals surface area contributed by atoms with Crippen molar-refractivity contribution in [1.82, 2.24) is 10.2 Å². The van der Waals surface area contributed by atoms with E-state index in [-0.39, 0.29) is 6.54 Å². The van der Waals surface area contributed by atoms with Crippen LogP contribution in [0.3, 0.4) is 0 Å². The molecule has 1 rings (SSSR count). The second kappa shape index (κ2) is 5.94. The van der Waals surface area contributed by atoms with E-state index in [2.05, 4.69) is 5.32 Å². The minimum atomic E-state index is -3.33. The molecule has 1 atom stereocenters. The lowest BCUT2D eigenvalue weighted by Gasteiger charge is -2.30. The minimum absolute atomic E-state index is 0.145. The molecular formula is C10H17F2N3O3. The van der Waals surface area contributed by atoms with Crippen LogP contribution < -0.4 is 11.1 Å². The molecule has 0 aromatic carbocycles. The molecule has 0 bridgehead atoms. The fraction of sp³-hybridized carbons (Fsp3) is 0.800. The predicted molar refractivity (Wildman–Crippen MR) is 58.9 cm³/mol. The molecule has 3 amide bonds. The number of nitrogens with two attached hydrogens (primary N) is 1. The van der Waals surface area contributed by atoms with Gasteiger partial charge in [-0.25, -0.2) is 13.6 Å². The molecule has 18 heavy (non-hydrogen) atoms. The van der Waals surface area contributed by atoms with Crippen LogP contribution >= 0.6 is 0 Å². The highest BCUT2D eigenvalue weighted by atomic mass is 19.3. The Bertz CT molecular complexity index is 325. The Kier molecular flexibility index (Phi) is 4.83. The van der Waals surface area contributed by atoms with Gasteiger partial charge in [0.2, 0.25) is 5.91 Å². The Morgan fingerprint density at radius 2 is 2.17 bits per heavy atom. The number of amides is 3. The van der Waals surface area contributed by atoms with E-state index in [4.69, 9.17) is 10.8 Å². The van der Waals surface area contributed by atoms with E-state index in [1.165, 1.54) is 4.90 Å². The number of alkyl halides is 2. The summed E-state index contributed by atoms with van der Waals surface area (Å²) in [4.78, 5) is 23.9. The zero-order chi connectivity index (χ0) is 13.8. The van der Waals surface area contributed by atoms with Crippen LogP contribution in [0.15, 0.2) is 0 Å². The number of likely N-dealkylation sites (tertiary alicyclic amines) is 1. The lowest BCUT2D eigenvalue weighted by molar-refractivity contribution is -0.129. The van der Waals surface area contributed by atoms with Gasteiger partial charge in [0.15, 0.2) is 0 Å². The number of nitrogens with one attached hydrogen (secondary N) is 1. The highest BCUT2D eigenvalue weighted by Gasteiger charge is 2.32. The maximum atomic E-state index is 12.7. The molecule has 0 aromatic rings. The SMILES string of the molecule is NC(=O)N1CCCC(C(=O)NCC(F)(F)CO)C1. The molecule has 8 heteroatoms. The molecule has 0 aliphatic carbocycles. The first kappa shape index (κ1) is 14.6. The lowest BCUT2D eigenvalue weighted by Crippen LogP contribution is -2.49.